The number of amides is 1. The molecular weight excluding hydrogens is 262 g/mol. The van der Waals surface area contributed by atoms with Gasteiger partial charge in [0.1, 0.15) is 0 Å². The van der Waals surface area contributed by atoms with Crippen LogP contribution in [0.3, 0.4) is 0 Å². The van der Waals surface area contributed by atoms with Crippen LogP contribution in [-0.2, 0) is 0 Å². The smallest absolute Gasteiger partial charge is 0.261 e. The van der Waals surface area contributed by atoms with E-state index >= 15 is 0 Å². The minimum Gasteiger partial charge on any atom is -0.351 e. The lowest BCUT2D eigenvalue weighted by molar-refractivity contribution is 0.0955. The summed E-state index contributed by atoms with van der Waals surface area (Å²) < 4.78 is 1.00. The van der Waals surface area contributed by atoms with E-state index in [-0.39, 0.29) is 5.91 Å². The molecule has 1 saturated carbocycles. The lowest BCUT2D eigenvalue weighted by atomic mass is 10.3. The number of carbonyl (C=O) groups excluding carboxylic acids is 1. The van der Waals surface area contributed by atoms with Gasteiger partial charge < -0.3 is 5.32 Å². The molecule has 1 N–H and O–H groups in total. The number of halogens is 1. The normalized spacial score (nSPS) is 24.7. The average Bonchev–Trinajstić information content (AvgIpc) is 2.66. The number of nitrogens with one attached hydrogen (secondary N) is 1. The summed E-state index contributed by atoms with van der Waals surface area (Å²) in [6.45, 7) is 3.05. The third-order valence-electron chi connectivity index (χ3n) is 2.60. The molecule has 1 aromatic rings. The van der Waals surface area contributed by atoms with Crippen molar-refractivity contribution < 1.29 is 4.79 Å². The fraction of sp³-hybridized carbons (Fsp3) is 0.500. The maximum absolute atomic E-state index is 11.6. The van der Waals surface area contributed by atoms with Crippen LogP contribution >= 0.6 is 27.3 Å². The highest BCUT2D eigenvalue weighted by molar-refractivity contribution is 9.11. The molecule has 2 rings (SSSR count). The Hall–Kier alpha value is -0.350. The van der Waals surface area contributed by atoms with Gasteiger partial charge in [-0.15, -0.1) is 11.3 Å². The van der Waals surface area contributed by atoms with E-state index < -0.39 is 0 Å². The minimum atomic E-state index is 0.0554. The van der Waals surface area contributed by atoms with Crippen LogP contribution in [0.4, 0.5) is 0 Å². The highest BCUT2D eigenvalue weighted by Crippen LogP contribution is 2.36. The van der Waals surface area contributed by atoms with Crippen LogP contribution < -0.4 is 5.32 Å². The van der Waals surface area contributed by atoms with Gasteiger partial charge in [-0.2, -0.15) is 0 Å². The first kappa shape index (κ1) is 10.2. The zero-order valence-corrected chi connectivity index (χ0v) is 10.3. The molecule has 1 fully saturated rings. The maximum atomic E-state index is 11.6. The molecule has 4 heteroatoms. The molecule has 0 aliphatic heterocycles. The zero-order chi connectivity index (χ0) is 10.1. The predicted molar refractivity (Wildman–Crippen MR) is 61.6 cm³/mol. The highest BCUT2D eigenvalue weighted by atomic mass is 79.9. The van der Waals surface area contributed by atoms with Crippen molar-refractivity contribution in [2.75, 3.05) is 6.54 Å². The van der Waals surface area contributed by atoms with E-state index in [4.69, 9.17) is 0 Å². The average molecular weight is 274 g/mol. The summed E-state index contributed by atoms with van der Waals surface area (Å²) in [5.74, 6) is 1.56. The molecule has 1 aromatic heterocycles. The van der Waals surface area contributed by atoms with Gasteiger partial charge in [-0.05, 0) is 46.3 Å². The van der Waals surface area contributed by atoms with Crippen molar-refractivity contribution in [1.82, 2.24) is 5.32 Å². The molecule has 76 valence electrons. The van der Waals surface area contributed by atoms with Crippen molar-refractivity contribution in [3.8, 4) is 0 Å². The zero-order valence-electron chi connectivity index (χ0n) is 7.92. The van der Waals surface area contributed by atoms with Crippen LogP contribution in [0, 0.1) is 11.8 Å². The fourth-order valence-electron chi connectivity index (χ4n) is 1.43. The third-order valence-corrected chi connectivity index (χ3v) is 4.22. The van der Waals surface area contributed by atoms with E-state index in [1.54, 1.807) is 0 Å². The molecule has 0 aromatic carbocycles. The van der Waals surface area contributed by atoms with E-state index in [0.29, 0.717) is 5.92 Å². The van der Waals surface area contributed by atoms with E-state index in [2.05, 4.69) is 28.2 Å². The Morgan fingerprint density at radius 2 is 2.43 bits per heavy atom. The Labute approximate surface area is 95.8 Å². The quantitative estimate of drug-likeness (QED) is 0.902. The van der Waals surface area contributed by atoms with Crippen molar-refractivity contribution >= 4 is 33.2 Å². The van der Waals surface area contributed by atoms with Gasteiger partial charge in [-0.3, -0.25) is 4.79 Å². The second-order valence-electron chi connectivity index (χ2n) is 3.79. The van der Waals surface area contributed by atoms with Gasteiger partial charge in [-0.1, -0.05) is 6.92 Å². The molecule has 1 heterocycles. The van der Waals surface area contributed by atoms with Crippen LogP contribution in [0.25, 0.3) is 0 Å². The summed E-state index contributed by atoms with van der Waals surface area (Å²) in [5.41, 5.74) is 0. The molecule has 0 saturated heterocycles. The molecule has 0 radical (unpaired) electrons. The molecule has 0 spiro atoms. The van der Waals surface area contributed by atoms with Gasteiger partial charge in [0.25, 0.3) is 5.91 Å². The van der Waals surface area contributed by atoms with Gasteiger partial charge in [0, 0.05) is 6.54 Å². The molecule has 1 aliphatic rings. The lowest BCUT2D eigenvalue weighted by Crippen LogP contribution is -2.24. The standard InChI is InChI=1S/C10H12BrNOS/c1-6-4-7(6)5-12-10(13)8-2-3-9(11)14-8/h2-3,6-7H,4-5H2,1H3,(H,12,13). The molecule has 1 amide bonds. The Balaban J connectivity index is 1.83. The number of rotatable bonds is 3. The van der Waals surface area contributed by atoms with Gasteiger partial charge in [0.15, 0.2) is 0 Å². The first-order chi connectivity index (χ1) is 6.66. The van der Waals surface area contributed by atoms with E-state index in [1.165, 1.54) is 17.8 Å². The lowest BCUT2D eigenvalue weighted by Gasteiger charge is -2.01. The Kier molecular flexibility index (Phi) is 2.93. The summed E-state index contributed by atoms with van der Waals surface area (Å²) in [6.07, 6.45) is 1.26. The van der Waals surface area contributed by atoms with Crippen LogP contribution in [0.5, 0.6) is 0 Å². The van der Waals surface area contributed by atoms with Crippen molar-refractivity contribution in [2.24, 2.45) is 11.8 Å². The fourth-order valence-corrected chi connectivity index (χ4v) is 2.73. The Bertz CT molecular complexity index is 350. The molecule has 2 atom stereocenters. The van der Waals surface area contributed by atoms with E-state index in [0.717, 1.165) is 21.1 Å². The molecule has 2 unspecified atom stereocenters. The molecule has 14 heavy (non-hydrogen) atoms. The second-order valence-corrected chi connectivity index (χ2v) is 6.25. The first-order valence-electron chi connectivity index (χ1n) is 4.70. The third kappa shape index (κ3) is 2.36. The van der Waals surface area contributed by atoms with Crippen LogP contribution in [0.2, 0.25) is 0 Å². The molecular formula is C10H12BrNOS. The van der Waals surface area contributed by atoms with Crippen molar-refractivity contribution in [1.29, 1.82) is 0 Å². The first-order valence-corrected chi connectivity index (χ1v) is 6.31. The van der Waals surface area contributed by atoms with Gasteiger partial charge in [0.2, 0.25) is 0 Å². The molecule has 1 aliphatic carbocycles. The van der Waals surface area contributed by atoms with Gasteiger partial charge >= 0.3 is 0 Å². The van der Waals surface area contributed by atoms with Crippen LogP contribution in [-0.4, -0.2) is 12.5 Å². The number of carbonyl (C=O) groups is 1. The summed E-state index contributed by atoms with van der Waals surface area (Å²) in [4.78, 5) is 12.4. The topological polar surface area (TPSA) is 29.1 Å². The maximum Gasteiger partial charge on any atom is 0.261 e. The molecule has 0 bridgehead atoms. The SMILES string of the molecule is CC1CC1CNC(=O)c1ccc(Br)s1. The number of hydrogen-bond donors (Lipinski definition) is 1. The summed E-state index contributed by atoms with van der Waals surface area (Å²) >= 11 is 4.81. The van der Waals surface area contributed by atoms with Crippen LogP contribution in [0.15, 0.2) is 15.9 Å². The molecule has 2 nitrogen and oxygen atoms in total. The van der Waals surface area contributed by atoms with E-state index in [1.807, 2.05) is 12.1 Å². The van der Waals surface area contributed by atoms with E-state index in [9.17, 15) is 4.79 Å². The number of thiophene rings is 1. The second kappa shape index (κ2) is 4.03. The van der Waals surface area contributed by atoms with Crippen molar-refractivity contribution in [3.63, 3.8) is 0 Å². The Morgan fingerprint density at radius 3 is 2.93 bits per heavy atom. The summed E-state index contributed by atoms with van der Waals surface area (Å²) in [7, 11) is 0. The highest BCUT2D eigenvalue weighted by Gasteiger charge is 2.32. The predicted octanol–water partition coefficient (Wildman–Crippen LogP) is 2.90. The van der Waals surface area contributed by atoms with Gasteiger partial charge in [0.05, 0.1) is 8.66 Å². The largest absolute Gasteiger partial charge is 0.351 e. The summed E-state index contributed by atoms with van der Waals surface area (Å²) in [6, 6.07) is 3.75. The van der Waals surface area contributed by atoms with Crippen molar-refractivity contribution in [2.45, 2.75) is 13.3 Å². The minimum absolute atomic E-state index is 0.0554. The number of hydrogen-bond acceptors (Lipinski definition) is 2. The monoisotopic (exact) mass is 273 g/mol. The Morgan fingerprint density at radius 1 is 1.71 bits per heavy atom. The van der Waals surface area contributed by atoms with Crippen LogP contribution in [0.1, 0.15) is 23.0 Å². The summed E-state index contributed by atoms with van der Waals surface area (Å²) in [5, 5.41) is 2.96. The van der Waals surface area contributed by atoms with Gasteiger partial charge in [-0.25, -0.2) is 0 Å². The van der Waals surface area contributed by atoms with Crippen molar-refractivity contribution in [3.05, 3.63) is 20.8 Å².